The van der Waals surface area contributed by atoms with E-state index in [2.05, 4.69) is 16.0 Å². The van der Waals surface area contributed by atoms with Gasteiger partial charge in [0.1, 0.15) is 0 Å². The van der Waals surface area contributed by atoms with Crippen LogP contribution in [0.15, 0.2) is 24.3 Å². The van der Waals surface area contributed by atoms with E-state index in [0.29, 0.717) is 25.3 Å². The van der Waals surface area contributed by atoms with Crippen LogP contribution in [-0.2, 0) is 9.59 Å². The zero-order chi connectivity index (χ0) is 21.6. The van der Waals surface area contributed by atoms with Crippen LogP contribution < -0.4 is 20.9 Å². The summed E-state index contributed by atoms with van der Waals surface area (Å²) >= 11 is 0. The molecule has 1 heterocycles. The standard InChI is InChI=1S/C21H33N5O3/c1-21(2,3)24-20(29)26-12-10-15(11-13-26)14-22-18(27)19(28)23-16-6-8-17(9-7-16)25(4)5/h6-9,15H,10-14H2,1-5H3,(H,22,27)(H,23,28)(H,24,29). The topological polar surface area (TPSA) is 93.8 Å². The van der Waals surface area contributed by atoms with Crippen LogP contribution in [0, 0.1) is 5.92 Å². The highest BCUT2D eigenvalue weighted by atomic mass is 16.2. The number of likely N-dealkylation sites (tertiary alicyclic amines) is 1. The number of urea groups is 1. The van der Waals surface area contributed by atoms with E-state index in [0.717, 1.165) is 18.5 Å². The molecule has 1 saturated heterocycles. The van der Waals surface area contributed by atoms with Crippen molar-refractivity contribution in [1.82, 2.24) is 15.5 Å². The normalized spacial score (nSPS) is 14.9. The van der Waals surface area contributed by atoms with E-state index in [1.807, 2.05) is 51.9 Å². The maximum Gasteiger partial charge on any atom is 0.317 e. The Balaban J connectivity index is 1.72. The minimum Gasteiger partial charge on any atom is -0.378 e. The van der Waals surface area contributed by atoms with Gasteiger partial charge in [0.25, 0.3) is 0 Å². The Morgan fingerprint density at radius 2 is 1.62 bits per heavy atom. The van der Waals surface area contributed by atoms with Gasteiger partial charge in [-0.3, -0.25) is 9.59 Å². The Labute approximate surface area is 173 Å². The Hall–Kier alpha value is -2.77. The molecular formula is C21H33N5O3. The number of rotatable bonds is 4. The van der Waals surface area contributed by atoms with Crippen LogP contribution >= 0.6 is 0 Å². The summed E-state index contributed by atoms with van der Waals surface area (Å²) in [6.07, 6.45) is 1.59. The third-order valence-corrected chi connectivity index (χ3v) is 4.78. The predicted octanol–water partition coefficient (Wildman–Crippen LogP) is 2.03. The van der Waals surface area contributed by atoms with Gasteiger partial charge in [-0.05, 0) is 63.8 Å². The molecule has 0 aromatic heterocycles. The summed E-state index contributed by atoms with van der Waals surface area (Å²) in [7, 11) is 3.87. The summed E-state index contributed by atoms with van der Waals surface area (Å²) in [6, 6.07) is 7.21. The van der Waals surface area contributed by atoms with Crippen molar-refractivity contribution in [2.24, 2.45) is 5.92 Å². The number of amides is 4. The number of benzene rings is 1. The lowest BCUT2D eigenvalue weighted by Gasteiger charge is -2.34. The zero-order valence-corrected chi connectivity index (χ0v) is 18.0. The molecule has 2 rings (SSSR count). The lowest BCUT2D eigenvalue weighted by molar-refractivity contribution is -0.136. The smallest absolute Gasteiger partial charge is 0.317 e. The van der Waals surface area contributed by atoms with Crippen molar-refractivity contribution in [3.8, 4) is 0 Å². The molecule has 1 aromatic carbocycles. The van der Waals surface area contributed by atoms with E-state index >= 15 is 0 Å². The average Bonchev–Trinajstić information content (AvgIpc) is 2.65. The van der Waals surface area contributed by atoms with E-state index in [1.54, 1.807) is 17.0 Å². The third-order valence-electron chi connectivity index (χ3n) is 4.78. The quantitative estimate of drug-likeness (QED) is 0.671. The fourth-order valence-corrected chi connectivity index (χ4v) is 3.09. The minimum absolute atomic E-state index is 0.0559. The summed E-state index contributed by atoms with van der Waals surface area (Å²) in [5.74, 6) is -1.07. The number of hydrogen-bond acceptors (Lipinski definition) is 4. The number of nitrogens with one attached hydrogen (secondary N) is 3. The fourth-order valence-electron chi connectivity index (χ4n) is 3.09. The van der Waals surface area contributed by atoms with E-state index in [9.17, 15) is 14.4 Å². The molecule has 8 nitrogen and oxygen atoms in total. The van der Waals surface area contributed by atoms with Gasteiger partial charge in [-0.25, -0.2) is 4.79 Å². The molecule has 1 aliphatic rings. The van der Waals surface area contributed by atoms with Crippen LogP contribution in [0.25, 0.3) is 0 Å². The number of carbonyl (C=O) groups is 3. The molecule has 1 fully saturated rings. The second kappa shape index (κ2) is 9.62. The van der Waals surface area contributed by atoms with Crippen molar-refractivity contribution >= 4 is 29.2 Å². The van der Waals surface area contributed by atoms with Crippen molar-refractivity contribution in [3.05, 3.63) is 24.3 Å². The number of nitrogens with zero attached hydrogens (tertiary/aromatic N) is 2. The Bertz CT molecular complexity index is 717. The third kappa shape index (κ3) is 7.29. The van der Waals surface area contributed by atoms with Crippen molar-refractivity contribution < 1.29 is 14.4 Å². The van der Waals surface area contributed by atoms with Gasteiger partial charge in [-0.1, -0.05) is 0 Å². The first-order valence-electron chi connectivity index (χ1n) is 9.99. The van der Waals surface area contributed by atoms with Gasteiger partial charge < -0.3 is 25.8 Å². The summed E-state index contributed by atoms with van der Waals surface area (Å²) in [6.45, 7) is 7.58. The maximum atomic E-state index is 12.2. The predicted molar refractivity (Wildman–Crippen MR) is 115 cm³/mol. The van der Waals surface area contributed by atoms with E-state index in [1.165, 1.54) is 0 Å². The van der Waals surface area contributed by atoms with Crippen LogP contribution in [0.2, 0.25) is 0 Å². The molecular weight excluding hydrogens is 370 g/mol. The highest BCUT2D eigenvalue weighted by Crippen LogP contribution is 2.18. The average molecular weight is 404 g/mol. The van der Waals surface area contributed by atoms with Crippen LogP contribution in [0.4, 0.5) is 16.2 Å². The SMILES string of the molecule is CN(C)c1ccc(NC(=O)C(=O)NCC2CCN(C(=O)NC(C)(C)C)CC2)cc1. The van der Waals surface area contributed by atoms with Crippen molar-refractivity contribution in [2.75, 3.05) is 43.9 Å². The molecule has 0 bridgehead atoms. The first-order chi connectivity index (χ1) is 13.5. The highest BCUT2D eigenvalue weighted by molar-refractivity contribution is 6.39. The molecule has 0 radical (unpaired) electrons. The zero-order valence-electron chi connectivity index (χ0n) is 18.0. The molecule has 160 valence electrons. The summed E-state index contributed by atoms with van der Waals surface area (Å²) in [5, 5.41) is 8.28. The summed E-state index contributed by atoms with van der Waals surface area (Å²) in [5.41, 5.74) is 1.33. The molecule has 0 aliphatic carbocycles. The molecule has 0 saturated carbocycles. The number of carbonyl (C=O) groups excluding carboxylic acids is 3. The largest absolute Gasteiger partial charge is 0.378 e. The van der Waals surface area contributed by atoms with Gasteiger partial charge in [-0.15, -0.1) is 0 Å². The van der Waals surface area contributed by atoms with Gasteiger partial charge in [0, 0.05) is 50.6 Å². The first kappa shape index (κ1) is 22.5. The van der Waals surface area contributed by atoms with Crippen molar-refractivity contribution in [3.63, 3.8) is 0 Å². The Morgan fingerprint density at radius 1 is 1.03 bits per heavy atom. The highest BCUT2D eigenvalue weighted by Gasteiger charge is 2.26. The molecule has 0 atom stereocenters. The van der Waals surface area contributed by atoms with E-state index in [4.69, 9.17) is 0 Å². The number of anilines is 2. The molecule has 4 amide bonds. The van der Waals surface area contributed by atoms with Gasteiger partial charge >= 0.3 is 17.8 Å². The van der Waals surface area contributed by atoms with Crippen LogP contribution in [0.1, 0.15) is 33.6 Å². The molecule has 29 heavy (non-hydrogen) atoms. The monoisotopic (exact) mass is 403 g/mol. The van der Waals surface area contributed by atoms with Crippen LogP contribution in [0.5, 0.6) is 0 Å². The van der Waals surface area contributed by atoms with E-state index < -0.39 is 11.8 Å². The Kier molecular flexibility index (Phi) is 7.47. The van der Waals surface area contributed by atoms with Gasteiger partial charge in [0.05, 0.1) is 0 Å². The second-order valence-electron chi connectivity index (χ2n) is 8.72. The lowest BCUT2D eigenvalue weighted by atomic mass is 9.97. The number of piperidine rings is 1. The van der Waals surface area contributed by atoms with E-state index in [-0.39, 0.29) is 17.5 Å². The van der Waals surface area contributed by atoms with Crippen LogP contribution in [0.3, 0.4) is 0 Å². The van der Waals surface area contributed by atoms with Gasteiger partial charge in [0.15, 0.2) is 0 Å². The number of hydrogen-bond donors (Lipinski definition) is 3. The lowest BCUT2D eigenvalue weighted by Crippen LogP contribution is -2.51. The van der Waals surface area contributed by atoms with Crippen LogP contribution in [-0.4, -0.2) is 62.0 Å². The fraction of sp³-hybridized carbons (Fsp3) is 0.571. The minimum atomic E-state index is -0.676. The molecule has 0 unspecified atom stereocenters. The second-order valence-corrected chi connectivity index (χ2v) is 8.72. The molecule has 3 N–H and O–H groups in total. The summed E-state index contributed by atoms with van der Waals surface area (Å²) in [4.78, 5) is 40.1. The maximum absolute atomic E-state index is 12.2. The summed E-state index contributed by atoms with van der Waals surface area (Å²) < 4.78 is 0. The molecule has 1 aromatic rings. The van der Waals surface area contributed by atoms with Crippen molar-refractivity contribution in [2.45, 2.75) is 39.2 Å². The van der Waals surface area contributed by atoms with Gasteiger partial charge in [0.2, 0.25) is 0 Å². The first-order valence-corrected chi connectivity index (χ1v) is 9.99. The molecule has 0 spiro atoms. The van der Waals surface area contributed by atoms with Crippen molar-refractivity contribution in [1.29, 1.82) is 0 Å². The molecule has 8 heteroatoms. The van der Waals surface area contributed by atoms with Gasteiger partial charge in [-0.2, -0.15) is 0 Å². The Morgan fingerprint density at radius 3 is 2.14 bits per heavy atom. The molecule has 1 aliphatic heterocycles.